The number of rotatable bonds is 46. The Labute approximate surface area is 695 Å². The number of methoxy groups -OCH3 is 1. The second-order valence-corrected chi connectivity index (χ2v) is 30.8. The second-order valence-electron chi connectivity index (χ2n) is 28.7. The third kappa shape index (κ3) is 26.7. The number of likely N-dealkylation sites (tertiary alicyclic amines) is 1. The molecule has 4 aromatic heterocycles. The number of amides is 8. The van der Waals surface area contributed by atoms with Crippen LogP contribution in [0.2, 0.25) is 0 Å². The number of H-pyrrole nitrogens is 1. The van der Waals surface area contributed by atoms with Gasteiger partial charge in [-0.1, -0.05) is 51.1 Å². The fraction of sp³-hybridized carbons (Fsp3) is 0.592. The van der Waals surface area contributed by atoms with Crippen LogP contribution in [0.15, 0.2) is 78.5 Å². The van der Waals surface area contributed by atoms with Crippen LogP contribution in [0.1, 0.15) is 100 Å². The predicted molar refractivity (Wildman–Crippen MR) is 423 cm³/mol. The molecule has 121 heavy (non-hydrogen) atoms. The predicted octanol–water partition coefficient (Wildman–Crippen LogP) is 3.99. The van der Waals surface area contributed by atoms with Crippen molar-refractivity contribution in [2.75, 3.05) is 144 Å². The fourth-order valence-corrected chi connectivity index (χ4v) is 15.0. The van der Waals surface area contributed by atoms with E-state index in [1.54, 1.807) is 63.4 Å². The summed E-state index contributed by atoms with van der Waals surface area (Å²) in [6, 6.07) is 9.26. The van der Waals surface area contributed by atoms with Crippen molar-refractivity contribution in [1.29, 1.82) is 0 Å². The van der Waals surface area contributed by atoms with Crippen molar-refractivity contribution in [3.8, 4) is 0 Å². The number of alkyl halides is 1. The summed E-state index contributed by atoms with van der Waals surface area (Å²) in [5.74, 6) is -5.66. The Hall–Kier alpha value is -9.11. The van der Waals surface area contributed by atoms with Gasteiger partial charge in [-0.3, -0.25) is 61.5 Å². The van der Waals surface area contributed by atoms with Crippen LogP contribution in [-0.2, 0) is 121 Å². The van der Waals surface area contributed by atoms with Gasteiger partial charge in [0.2, 0.25) is 35.4 Å². The van der Waals surface area contributed by atoms with Gasteiger partial charge in [-0.25, -0.2) is 33.5 Å². The number of aromatic amines is 1. The number of benzene rings is 2. The lowest BCUT2D eigenvalue weighted by Crippen LogP contribution is -2.57. The average Bonchev–Trinajstić information content (AvgIpc) is 1.61. The molecule has 14 atom stereocenters. The van der Waals surface area contributed by atoms with Gasteiger partial charge in [-0.15, -0.1) is 0 Å². The van der Waals surface area contributed by atoms with Gasteiger partial charge >= 0.3 is 22.6 Å². The Balaban J connectivity index is 0.645. The van der Waals surface area contributed by atoms with E-state index in [9.17, 15) is 57.4 Å². The van der Waals surface area contributed by atoms with Crippen LogP contribution in [0.25, 0.3) is 22.2 Å². The number of carbonyl (C=O) groups is 8. The van der Waals surface area contributed by atoms with E-state index in [-0.39, 0.29) is 105 Å². The second kappa shape index (κ2) is 47.5. The molecule has 2 bridgehead atoms. The number of aromatic nitrogens is 7. The maximum atomic E-state index is 16.8. The number of imidazole rings is 1. The van der Waals surface area contributed by atoms with Gasteiger partial charge in [0.1, 0.15) is 67.0 Å². The molecular formula is C76H104F2N14O27P2. The highest BCUT2D eigenvalue weighted by molar-refractivity contribution is 7.33. The molecule has 4 aliphatic rings. The topological polar surface area (TPSA) is 490 Å². The van der Waals surface area contributed by atoms with Crippen molar-refractivity contribution in [2.45, 2.75) is 147 Å². The number of fused-ring (bicyclic) bond motifs is 5. The van der Waals surface area contributed by atoms with Crippen molar-refractivity contribution in [3.63, 3.8) is 0 Å². The molecule has 2 aromatic carbocycles. The highest BCUT2D eigenvalue weighted by atomic mass is 31.1. The molecule has 0 spiro atoms. The van der Waals surface area contributed by atoms with E-state index >= 15 is 8.78 Å². The SMILES string of the molecule is CCC1CC(=O)N(CCCC[C@H](NC(=O)CCOCCOCCOCCOCCOCCOCCOCCOC)C(=O)N[C@H](C(=O)N[C@@H](C)C(=O)Nc2ccc(COC(=O)N(C)Cc3ccccc3C(=O)Nc3ncnc4c3ncn4[C@@H]3O[C@@H]4CO[PH](=O)O[C@H]5C(n6cc(F)c7c(=O)[nH]cnc76)O[C@H](CO[PH](=O)O[C@H]4[C@H]3F)[C@H]5O)cc2)C(C)C)C1=O. The number of anilines is 2. The van der Waals surface area contributed by atoms with Crippen LogP contribution in [0.4, 0.5) is 25.1 Å². The normalized spacial score (nSPS) is 22.0. The van der Waals surface area contributed by atoms with Crippen LogP contribution < -0.4 is 32.1 Å². The fourth-order valence-electron chi connectivity index (χ4n) is 13.3. The Bertz CT molecular complexity index is 4550. The van der Waals surface area contributed by atoms with Crippen LogP contribution in [0.5, 0.6) is 0 Å². The number of carbonyl (C=O) groups excluding carboxylic acids is 8. The number of hydrogen-bond acceptors (Lipinski definition) is 31. The van der Waals surface area contributed by atoms with E-state index < -0.39 is 155 Å². The third-order valence-electron chi connectivity index (χ3n) is 19.8. The Morgan fingerprint density at radius 1 is 0.702 bits per heavy atom. The molecule has 4 unspecified atom stereocenters. The van der Waals surface area contributed by atoms with Gasteiger partial charge in [0.05, 0.1) is 125 Å². The van der Waals surface area contributed by atoms with Gasteiger partial charge in [-0.2, -0.15) is 0 Å². The van der Waals surface area contributed by atoms with Gasteiger partial charge < -0.3 is 112 Å². The average molecular weight is 1750 g/mol. The monoisotopic (exact) mass is 1740 g/mol. The van der Waals surface area contributed by atoms with E-state index in [2.05, 4.69) is 51.5 Å². The van der Waals surface area contributed by atoms with Crippen molar-refractivity contribution < 1.29 is 132 Å². The molecule has 41 nitrogen and oxygen atoms in total. The van der Waals surface area contributed by atoms with Gasteiger partial charge in [0.15, 0.2) is 47.1 Å². The van der Waals surface area contributed by atoms with Gasteiger partial charge in [-0.05, 0) is 67.9 Å². The minimum Gasteiger partial charge on any atom is -0.445 e. The molecule has 6 aromatic rings. The van der Waals surface area contributed by atoms with Gasteiger partial charge in [0.25, 0.3) is 11.5 Å². The smallest absolute Gasteiger partial charge is 0.410 e. The molecule has 4 saturated heterocycles. The number of nitrogens with one attached hydrogen (secondary N) is 6. The molecular weight excluding hydrogens is 1640 g/mol. The molecule has 7 N–H and O–H groups in total. The first kappa shape index (κ1) is 94.1. The van der Waals surface area contributed by atoms with Crippen LogP contribution >= 0.6 is 16.5 Å². The molecule has 0 radical (unpaired) electrons. The summed E-state index contributed by atoms with van der Waals surface area (Å²) in [4.78, 5) is 142. The van der Waals surface area contributed by atoms with E-state index in [0.717, 1.165) is 34.3 Å². The molecule has 4 fully saturated rings. The Morgan fingerprint density at radius 3 is 1.96 bits per heavy atom. The number of aliphatic hydroxyl groups is 1. The zero-order valence-corrected chi connectivity index (χ0v) is 69.7. The van der Waals surface area contributed by atoms with Crippen LogP contribution in [0, 0.1) is 17.7 Å². The highest BCUT2D eigenvalue weighted by Gasteiger charge is 2.52. The molecule has 0 saturated carbocycles. The number of aliphatic hydroxyl groups excluding tert-OH is 1. The number of nitrogens with zero attached hydrogens (tertiary/aromatic N) is 8. The summed E-state index contributed by atoms with van der Waals surface area (Å²) in [5.41, 5.74) is 0.243. The number of imide groups is 1. The molecule has 8 amide bonds. The lowest BCUT2D eigenvalue weighted by atomic mass is 10.0. The Morgan fingerprint density at radius 2 is 1.32 bits per heavy atom. The maximum Gasteiger partial charge on any atom is 0.410 e. The molecule has 0 aliphatic carbocycles. The van der Waals surface area contributed by atoms with Gasteiger partial charge in [0, 0.05) is 63.5 Å². The lowest BCUT2D eigenvalue weighted by molar-refractivity contribution is -0.139. The van der Waals surface area contributed by atoms with E-state index in [1.807, 2.05) is 6.92 Å². The summed E-state index contributed by atoms with van der Waals surface area (Å²) in [5, 5.41) is 24.4. The third-order valence-corrected chi connectivity index (χ3v) is 21.5. The number of unbranched alkanes of at least 4 members (excludes halogenated alkanes) is 1. The quantitative estimate of drug-likeness (QED) is 0.0161. The first-order valence-electron chi connectivity index (χ1n) is 39.6. The largest absolute Gasteiger partial charge is 0.445 e. The summed E-state index contributed by atoms with van der Waals surface area (Å²) in [7, 11) is -4.25. The molecule has 10 rings (SSSR count). The van der Waals surface area contributed by atoms with Crippen molar-refractivity contribution in [2.24, 2.45) is 11.8 Å². The lowest BCUT2D eigenvalue weighted by Gasteiger charge is -2.26. The molecule has 8 heterocycles. The number of halogens is 2. The van der Waals surface area contributed by atoms with E-state index in [0.29, 0.717) is 115 Å². The number of hydrogen-bond donors (Lipinski definition) is 7. The van der Waals surface area contributed by atoms with Crippen molar-refractivity contribution >= 4 is 97.7 Å². The van der Waals surface area contributed by atoms with Crippen LogP contribution in [-0.4, -0.2) is 284 Å². The zero-order valence-electron chi connectivity index (χ0n) is 67.7. The first-order chi connectivity index (χ1) is 58.4. The highest BCUT2D eigenvalue weighted by Crippen LogP contribution is 2.46. The summed E-state index contributed by atoms with van der Waals surface area (Å²) >= 11 is 0. The standard InChI is InChI=1S/C76H104F2N14O27P2/c1-7-48-36-57(94)90(73(48)101)20-11-10-14-53(86-56(93)19-21-106-24-25-108-28-29-110-32-33-112-35-34-111-31-30-109-27-26-107-23-22-105-6)70(98)87-60(45(2)3)72(100)84-46(4)68(96)85-50-17-15-47(16-18-50)39-113-76(102)89(5)37-49-12-8-9-13-51(49)69(97)88-65-61-67(81-42-79-65)92(44-83-61)74-59(78)63-55(117-74)41-115-121(104)119-64-62(95)54(40-114-120(103)118-63)116-75(64)91-38-52(77)58-66(91)80-43-82-71(58)99/h8-9,12-13,15-18,38,42-46,48,53-55,59-60,62-64,74-75,95,120-121H,7,10-11,14,19-37,39-41H2,1-6H3,(H,84,100)(H,85,96)(H,86,93)(H,87,98)(H,80,82,99)(H,79,81,88,97)/t46-,48?,53-,54+,55+,59+,60-,62+,63+,64+,74+,75?/m0/s1. The van der Waals surface area contributed by atoms with E-state index in [4.69, 9.17) is 70.2 Å². The Kier molecular flexibility index (Phi) is 37.0. The zero-order chi connectivity index (χ0) is 86.5. The minimum absolute atomic E-state index is 0.00499. The molecule has 45 heteroatoms. The van der Waals surface area contributed by atoms with Crippen LogP contribution in [0.3, 0.4) is 0 Å². The first-order valence-corrected chi connectivity index (χ1v) is 42.0. The van der Waals surface area contributed by atoms with Crippen molar-refractivity contribution in [3.05, 3.63) is 107 Å². The maximum absolute atomic E-state index is 16.8. The summed E-state index contributed by atoms with van der Waals surface area (Å²) in [6.07, 6.45) is -8.35. The number of ether oxygens (including phenoxy) is 11. The van der Waals surface area contributed by atoms with Crippen molar-refractivity contribution in [1.82, 2.24) is 59.8 Å². The summed E-state index contributed by atoms with van der Waals surface area (Å²) in [6.45, 7) is 10.7. The molecule has 664 valence electrons. The van der Waals surface area contributed by atoms with E-state index in [1.165, 1.54) is 29.8 Å². The molecule has 4 aliphatic heterocycles. The minimum atomic E-state index is -3.66. The summed E-state index contributed by atoms with van der Waals surface area (Å²) < 4.78 is 144.